The maximum atomic E-state index is 13.2. The molecule has 2 aromatic rings. The topological polar surface area (TPSA) is 59.1 Å². The Morgan fingerprint density at radius 1 is 1.03 bits per heavy atom. The van der Waals surface area contributed by atoms with Crippen LogP contribution in [0.1, 0.15) is 36.1 Å². The highest BCUT2D eigenvalue weighted by Crippen LogP contribution is 2.40. The zero-order valence-electron chi connectivity index (χ0n) is 17.9. The lowest BCUT2D eigenvalue weighted by Crippen LogP contribution is -2.46. The lowest BCUT2D eigenvalue weighted by atomic mass is 9.91. The van der Waals surface area contributed by atoms with Gasteiger partial charge in [0.15, 0.2) is 11.5 Å². The van der Waals surface area contributed by atoms with Gasteiger partial charge in [-0.15, -0.1) is 0 Å². The van der Waals surface area contributed by atoms with E-state index in [1.807, 2.05) is 24.0 Å². The van der Waals surface area contributed by atoms with Gasteiger partial charge < -0.3 is 9.47 Å². The number of methoxy groups -OCH3 is 2. The molecule has 0 bridgehead atoms. The van der Waals surface area contributed by atoms with Crippen molar-refractivity contribution in [2.75, 3.05) is 25.7 Å². The first kappa shape index (κ1) is 22.1. The van der Waals surface area contributed by atoms with E-state index < -0.39 is 29.6 Å². The molecule has 170 valence electrons. The SMILES string of the molecule is COc1cc2c(cc1OC)[C@H](C)N([C@@H]1CC(=O)N(c3cccc(C(F)(F)F)c3)C1=O)CC2. The van der Waals surface area contributed by atoms with Crippen LogP contribution in [0.4, 0.5) is 18.9 Å². The second-order valence-corrected chi connectivity index (χ2v) is 7.91. The molecule has 9 heteroatoms. The predicted octanol–water partition coefficient (Wildman–Crippen LogP) is 3.97. The van der Waals surface area contributed by atoms with E-state index in [1.165, 1.54) is 12.1 Å². The molecular weight excluding hydrogens is 425 g/mol. The van der Waals surface area contributed by atoms with Gasteiger partial charge in [-0.05, 0) is 54.8 Å². The molecule has 2 aromatic carbocycles. The number of anilines is 1. The largest absolute Gasteiger partial charge is 0.493 e. The average molecular weight is 448 g/mol. The summed E-state index contributed by atoms with van der Waals surface area (Å²) in [4.78, 5) is 28.7. The molecule has 2 atom stereocenters. The molecule has 0 unspecified atom stereocenters. The Labute approximate surface area is 183 Å². The first-order valence-electron chi connectivity index (χ1n) is 10.2. The van der Waals surface area contributed by atoms with E-state index in [9.17, 15) is 22.8 Å². The lowest BCUT2D eigenvalue weighted by molar-refractivity contribution is -0.137. The molecule has 0 aromatic heterocycles. The quantitative estimate of drug-likeness (QED) is 0.663. The van der Waals surface area contributed by atoms with E-state index in [0.717, 1.165) is 28.2 Å². The fraction of sp³-hybridized carbons (Fsp3) is 0.391. The smallest absolute Gasteiger partial charge is 0.416 e. The van der Waals surface area contributed by atoms with E-state index in [0.29, 0.717) is 24.5 Å². The number of alkyl halides is 3. The lowest BCUT2D eigenvalue weighted by Gasteiger charge is -2.38. The van der Waals surface area contributed by atoms with Crippen LogP contribution in [0.2, 0.25) is 0 Å². The van der Waals surface area contributed by atoms with Crippen LogP contribution in [-0.2, 0) is 22.2 Å². The van der Waals surface area contributed by atoms with E-state index in [-0.39, 0.29) is 18.2 Å². The Morgan fingerprint density at radius 2 is 1.72 bits per heavy atom. The van der Waals surface area contributed by atoms with Crippen LogP contribution in [0.3, 0.4) is 0 Å². The third-order valence-corrected chi connectivity index (χ3v) is 6.19. The molecule has 6 nitrogen and oxygen atoms in total. The first-order valence-corrected chi connectivity index (χ1v) is 10.2. The number of carbonyl (C=O) groups excluding carboxylic acids is 2. The summed E-state index contributed by atoms with van der Waals surface area (Å²) in [5.41, 5.74) is 1.07. The number of ether oxygens (including phenoxy) is 2. The Balaban J connectivity index is 1.62. The summed E-state index contributed by atoms with van der Waals surface area (Å²) in [6.45, 7) is 2.47. The van der Waals surface area contributed by atoms with Crippen molar-refractivity contribution in [3.05, 3.63) is 53.1 Å². The molecule has 1 fully saturated rings. The van der Waals surface area contributed by atoms with Gasteiger partial charge in [-0.25, -0.2) is 4.90 Å². The third-order valence-electron chi connectivity index (χ3n) is 6.19. The molecule has 2 aliphatic rings. The summed E-state index contributed by atoms with van der Waals surface area (Å²) in [7, 11) is 3.11. The molecular formula is C23H23F3N2O4. The number of hydrogen-bond acceptors (Lipinski definition) is 5. The van der Waals surface area contributed by atoms with Crippen molar-refractivity contribution in [3.8, 4) is 11.5 Å². The molecule has 0 N–H and O–H groups in total. The molecule has 0 radical (unpaired) electrons. The summed E-state index contributed by atoms with van der Waals surface area (Å²) in [5.74, 6) is 0.170. The fourth-order valence-corrected chi connectivity index (χ4v) is 4.56. The minimum Gasteiger partial charge on any atom is -0.493 e. The van der Waals surface area contributed by atoms with Crippen molar-refractivity contribution >= 4 is 17.5 Å². The van der Waals surface area contributed by atoms with Crippen LogP contribution in [0.25, 0.3) is 0 Å². The predicted molar refractivity (Wildman–Crippen MR) is 111 cm³/mol. The van der Waals surface area contributed by atoms with Gasteiger partial charge in [0.05, 0.1) is 37.9 Å². The highest BCUT2D eigenvalue weighted by Gasteiger charge is 2.45. The normalized spacial score (nSPS) is 21.6. The van der Waals surface area contributed by atoms with Crippen LogP contribution < -0.4 is 14.4 Å². The number of fused-ring (bicyclic) bond motifs is 1. The molecule has 0 spiro atoms. The van der Waals surface area contributed by atoms with E-state index >= 15 is 0 Å². The minimum absolute atomic E-state index is 0.0613. The Bertz CT molecular complexity index is 1070. The molecule has 2 heterocycles. The zero-order chi connectivity index (χ0) is 23.2. The van der Waals surface area contributed by atoms with Crippen LogP contribution >= 0.6 is 0 Å². The van der Waals surface area contributed by atoms with Gasteiger partial charge in [-0.2, -0.15) is 13.2 Å². The maximum absolute atomic E-state index is 13.2. The first-order chi connectivity index (χ1) is 15.2. The number of benzene rings is 2. The van der Waals surface area contributed by atoms with Crippen LogP contribution in [-0.4, -0.2) is 43.5 Å². The maximum Gasteiger partial charge on any atom is 0.416 e. The van der Waals surface area contributed by atoms with Crippen molar-refractivity contribution in [3.63, 3.8) is 0 Å². The monoisotopic (exact) mass is 448 g/mol. The van der Waals surface area contributed by atoms with Gasteiger partial charge in [-0.3, -0.25) is 14.5 Å². The molecule has 1 saturated heterocycles. The number of rotatable bonds is 4. The van der Waals surface area contributed by atoms with Crippen LogP contribution in [0.5, 0.6) is 11.5 Å². The molecule has 32 heavy (non-hydrogen) atoms. The van der Waals surface area contributed by atoms with Gasteiger partial charge >= 0.3 is 6.18 Å². The van der Waals surface area contributed by atoms with Gasteiger partial charge in [0.25, 0.3) is 5.91 Å². The highest BCUT2D eigenvalue weighted by atomic mass is 19.4. The van der Waals surface area contributed by atoms with Crippen molar-refractivity contribution in [2.45, 2.75) is 38.0 Å². The van der Waals surface area contributed by atoms with Gasteiger partial charge in [0.1, 0.15) is 0 Å². The second kappa shape index (κ2) is 8.12. The van der Waals surface area contributed by atoms with Crippen molar-refractivity contribution in [2.24, 2.45) is 0 Å². The number of nitrogens with zero attached hydrogens (tertiary/aromatic N) is 2. The van der Waals surface area contributed by atoms with Crippen LogP contribution in [0, 0.1) is 0 Å². The molecule has 0 saturated carbocycles. The molecule has 2 aliphatic heterocycles. The van der Waals surface area contributed by atoms with Crippen LogP contribution in [0.15, 0.2) is 36.4 Å². The summed E-state index contributed by atoms with van der Waals surface area (Å²) in [6.07, 6.45) is -4.00. The molecule has 0 aliphatic carbocycles. The average Bonchev–Trinajstić information content (AvgIpc) is 3.06. The molecule has 4 rings (SSSR count). The highest BCUT2D eigenvalue weighted by molar-refractivity contribution is 6.22. The number of hydrogen-bond donors (Lipinski definition) is 0. The summed E-state index contributed by atoms with van der Waals surface area (Å²) >= 11 is 0. The van der Waals surface area contributed by atoms with Gasteiger partial charge in [-0.1, -0.05) is 6.07 Å². The Kier molecular flexibility index (Phi) is 5.62. The Hall–Kier alpha value is -3.07. The summed E-state index contributed by atoms with van der Waals surface area (Å²) < 4.78 is 50.1. The summed E-state index contributed by atoms with van der Waals surface area (Å²) in [5, 5.41) is 0. The number of halogens is 3. The Morgan fingerprint density at radius 3 is 2.38 bits per heavy atom. The zero-order valence-corrected chi connectivity index (χ0v) is 17.9. The summed E-state index contributed by atoms with van der Waals surface area (Å²) in [6, 6.07) is 7.15. The minimum atomic E-state index is -4.56. The fourth-order valence-electron chi connectivity index (χ4n) is 4.56. The third kappa shape index (κ3) is 3.70. The van der Waals surface area contributed by atoms with E-state index in [4.69, 9.17) is 9.47 Å². The molecule has 2 amide bonds. The number of imide groups is 1. The number of amides is 2. The van der Waals surface area contributed by atoms with Crippen molar-refractivity contribution in [1.82, 2.24) is 4.90 Å². The van der Waals surface area contributed by atoms with Crippen molar-refractivity contribution < 1.29 is 32.2 Å². The van der Waals surface area contributed by atoms with Crippen molar-refractivity contribution in [1.29, 1.82) is 0 Å². The van der Waals surface area contributed by atoms with E-state index in [2.05, 4.69) is 0 Å². The van der Waals surface area contributed by atoms with Gasteiger partial charge in [0.2, 0.25) is 5.91 Å². The van der Waals surface area contributed by atoms with Gasteiger partial charge in [0, 0.05) is 12.6 Å². The van der Waals surface area contributed by atoms with E-state index in [1.54, 1.807) is 14.2 Å². The second-order valence-electron chi connectivity index (χ2n) is 7.91. The number of carbonyl (C=O) groups is 2. The standard InChI is InChI=1S/C23H23F3N2O4/c1-13-17-11-20(32-3)19(31-2)9-14(17)7-8-27(13)18-12-21(29)28(22(18)30)16-6-4-5-15(10-16)23(24,25)26/h4-6,9-11,13,18H,7-8,12H2,1-3H3/t13-,18+/m0/s1.